The second kappa shape index (κ2) is 10.0. The Hall–Kier alpha value is -1.80. The second-order valence-electron chi connectivity index (χ2n) is 7.85. The van der Waals surface area contributed by atoms with Crippen molar-refractivity contribution in [2.75, 3.05) is 0 Å². The highest BCUT2D eigenvalue weighted by Gasteiger charge is 2.17. The Morgan fingerprint density at radius 2 is 1.20 bits per heavy atom. The van der Waals surface area contributed by atoms with Gasteiger partial charge in [-0.3, -0.25) is 0 Å². The Labute approximate surface area is 181 Å². The Kier molecular flexibility index (Phi) is 7.63. The van der Waals surface area contributed by atoms with Gasteiger partial charge < -0.3 is 19.2 Å². The molecule has 0 bridgehead atoms. The van der Waals surface area contributed by atoms with E-state index < -0.39 is 16.8 Å². The highest BCUT2D eigenvalue weighted by molar-refractivity contribution is 7.55. The predicted molar refractivity (Wildman–Crippen MR) is 127 cm³/mol. The van der Waals surface area contributed by atoms with E-state index in [2.05, 4.69) is 39.8 Å². The summed E-state index contributed by atoms with van der Waals surface area (Å²) in [5.41, 5.74) is 4.32. The van der Waals surface area contributed by atoms with Gasteiger partial charge in [0.2, 0.25) is 0 Å². The van der Waals surface area contributed by atoms with Crippen LogP contribution in [0.3, 0.4) is 0 Å². The third kappa shape index (κ3) is 5.46. The van der Waals surface area contributed by atoms with Crippen molar-refractivity contribution in [3.63, 3.8) is 0 Å². The van der Waals surface area contributed by atoms with Crippen molar-refractivity contribution in [3.05, 3.63) is 77.9 Å². The van der Waals surface area contributed by atoms with Crippen LogP contribution in [0.2, 0.25) is 0 Å². The van der Waals surface area contributed by atoms with E-state index in [-0.39, 0.29) is 0 Å². The van der Waals surface area contributed by atoms with Gasteiger partial charge in [-0.15, -0.1) is 0 Å². The van der Waals surface area contributed by atoms with Crippen molar-refractivity contribution in [2.24, 2.45) is 0 Å². The summed E-state index contributed by atoms with van der Waals surface area (Å²) >= 11 is 0. The van der Waals surface area contributed by atoms with Gasteiger partial charge in [-0.1, -0.05) is 64.1 Å². The normalized spacial score (nSPS) is 12.6. The number of hydrogen-bond donors (Lipinski definition) is 3. The van der Waals surface area contributed by atoms with Crippen molar-refractivity contribution < 1.29 is 19.2 Å². The van der Waals surface area contributed by atoms with E-state index in [0.717, 1.165) is 27.7 Å². The van der Waals surface area contributed by atoms with E-state index in [9.17, 15) is 14.7 Å². The Bertz CT molecular complexity index is 968. The summed E-state index contributed by atoms with van der Waals surface area (Å²) < 4.78 is 5.98. The van der Waals surface area contributed by atoms with Crippen LogP contribution in [0.1, 0.15) is 50.7 Å². The van der Waals surface area contributed by atoms with E-state index in [1.165, 1.54) is 5.56 Å². The molecule has 6 heteroatoms. The van der Waals surface area contributed by atoms with Gasteiger partial charge in [0, 0.05) is 10.6 Å². The van der Waals surface area contributed by atoms with Gasteiger partial charge in [-0.25, -0.2) is 0 Å². The quantitative estimate of drug-likeness (QED) is 0.421. The molecule has 0 aliphatic carbocycles. The Balaban J connectivity index is 1.77. The van der Waals surface area contributed by atoms with E-state index in [1.54, 1.807) is 12.1 Å². The summed E-state index contributed by atoms with van der Waals surface area (Å²) in [6.45, 7) is 8.59. The Morgan fingerprint density at radius 1 is 0.667 bits per heavy atom. The maximum atomic E-state index is 10.7. The van der Waals surface area contributed by atoms with Gasteiger partial charge in [0.05, 0.1) is 0 Å². The molecule has 4 nitrogen and oxygen atoms in total. The number of rotatable bonds is 7. The molecule has 1 unspecified atom stereocenters. The zero-order valence-corrected chi connectivity index (χ0v) is 19.4. The molecule has 30 heavy (non-hydrogen) atoms. The smallest absolute Gasteiger partial charge is 0.262 e. The lowest BCUT2D eigenvalue weighted by Gasteiger charge is -2.19. The van der Waals surface area contributed by atoms with Crippen molar-refractivity contribution in [1.29, 1.82) is 0 Å². The first-order chi connectivity index (χ1) is 14.3. The van der Waals surface area contributed by atoms with Crippen LogP contribution < -0.4 is 15.1 Å². The molecule has 1 atom stereocenters. The molecule has 0 fully saturated rings. The number of hydrogen-bond acceptors (Lipinski definition) is 4. The zero-order chi connectivity index (χ0) is 21.8. The summed E-state index contributed by atoms with van der Waals surface area (Å²) in [5.74, 6) is 1.47. The largest absolute Gasteiger partial charge is 0.444 e. The zero-order valence-electron chi connectivity index (χ0n) is 17.6. The first-order valence-electron chi connectivity index (χ1n) is 9.95. The van der Waals surface area contributed by atoms with Crippen LogP contribution in [0.25, 0.3) is 11.1 Å². The van der Waals surface area contributed by atoms with Crippen LogP contribution in [0.5, 0.6) is 5.75 Å². The molecule has 0 radical (unpaired) electrons. The minimum absolute atomic E-state index is 0.298. The van der Waals surface area contributed by atoms with Gasteiger partial charge in [-0.05, 0) is 64.4 Å². The standard InChI is InChI=1S/C24H28O4P2/c1-16(2)20-9-14-24(23(15-20)17(3)4)28-30(27)22-12-7-19(8-13-22)18-5-10-21(11-6-18)29(25)26/h5-17,25-27H,1-4H3. The third-order valence-corrected chi connectivity index (χ3v) is 6.90. The topological polar surface area (TPSA) is 69.9 Å². The minimum Gasteiger partial charge on any atom is -0.444 e. The van der Waals surface area contributed by atoms with Crippen LogP contribution >= 0.6 is 16.8 Å². The van der Waals surface area contributed by atoms with Gasteiger partial charge in [0.1, 0.15) is 5.75 Å². The molecule has 0 amide bonds. The Morgan fingerprint density at radius 3 is 1.67 bits per heavy atom. The summed E-state index contributed by atoms with van der Waals surface area (Å²) in [7, 11) is -3.85. The first kappa shape index (κ1) is 22.9. The second-order valence-corrected chi connectivity index (χ2v) is 10.2. The minimum atomic E-state index is -2.08. The maximum Gasteiger partial charge on any atom is 0.262 e. The fourth-order valence-electron chi connectivity index (χ4n) is 3.17. The maximum absolute atomic E-state index is 10.7. The molecule has 0 aliphatic rings. The van der Waals surface area contributed by atoms with Crippen LogP contribution in [-0.4, -0.2) is 14.7 Å². The monoisotopic (exact) mass is 442 g/mol. The molecule has 3 rings (SSSR count). The van der Waals surface area contributed by atoms with E-state index >= 15 is 0 Å². The van der Waals surface area contributed by atoms with Crippen molar-refractivity contribution in [1.82, 2.24) is 0 Å². The molecular formula is C24H28O4P2. The van der Waals surface area contributed by atoms with Gasteiger partial charge in [0.15, 0.2) is 8.38 Å². The molecule has 0 aliphatic heterocycles. The molecule has 0 aromatic heterocycles. The highest BCUT2D eigenvalue weighted by atomic mass is 31.2. The molecule has 158 valence electrons. The van der Waals surface area contributed by atoms with Gasteiger partial charge in [-0.2, -0.15) is 0 Å². The lowest BCUT2D eigenvalue weighted by Crippen LogP contribution is -2.06. The molecule has 0 saturated heterocycles. The molecule has 3 aromatic rings. The van der Waals surface area contributed by atoms with Crippen molar-refractivity contribution in [3.8, 4) is 16.9 Å². The summed E-state index contributed by atoms with van der Waals surface area (Å²) in [6.07, 6.45) is 0. The fourth-order valence-corrected chi connectivity index (χ4v) is 4.45. The lowest BCUT2D eigenvalue weighted by molar-refractivity contribution is 0.493. The van der Waals surface area contributed by atoms with Crippen LogP contribution in [0.15, 0.2) is 66.7 Å². The van der Waals surface area contributed by atoms with E-state index in [0.29, 0.717) is 17.1 Å². The summed E-state index contributed by atoms with van der Waals surface area (Å²) in [5, 5.41) is 1.25. The van der Waals surface area contributed by atoms with Crippen LogP contribution in [0.4, 0.5) is 0 Å². The molecule has 3 N–H and O–H groups in total. The molecule has 3 aromatic carbocycles. The average molecular weight is 442 g/mol. The molecule has 0 saturated carbocycles. The van der Waals surface area contributed by atoms with E-state index in [4.69, 9.17) is 4.52 Å². The lowest BCUT2D eigenvalue weighted by atomic mass is 9.95. The predicted octanol–water partition coefficient (Wildman–Crippen LogP) is 5.53. The average Bonchev–Trinajstić information content (AvgIpc) is 2.73. The van der Waals surface area contributed by atoms with Crippen LogP contribution in [0, 0.1) is 0 Å². The fraction of sp³-hybridized carbons (Fsp3) is 0.250. The molecular weight excluding hydrogens is 414 g/mol. The van der Waals surface area contributed by atoms with Crippen molar-refractivity contribution in [2.45, 2.75) is 39.5 Å². The third-order valence-electron chi connectivity index (χ3n) is 5.03. The van der Waals surface area contributed by atoms with Crippen molar-refractivity contribution >= 4 is 27.4 Å². The van der Waals surface area contributed by atoms with E-state index in [1.807, 2.05) is 42.5 Å². The van der Waals surface area contributed by atoms with Gasteiger partial charge >= 0.3 is 0 Å². The molecule has 0 heterocycles. The highest BCUT2D eigenvalue weighted by Crippen LogP contribution is 2.39. The van der Waals surface area contributed by atoms with Crippen LogP contribution in [-0.2, 0) is 0 Å². The summed E-state index contributed by atoms with van der Waals surface area (Å²) in [6, 6.07) is 21.0. The first-order valence-corrected chi connectivity index (χ1v) is 12.4. The SMILES string of the molecule is CC(C)c1ccc(OP(O)c2ccc(-c3ccc(P(O)O)cc3)cc2)c(C(C)C)c1. The van der Waals surface area contributed by atoms with Gasteiger partial charge in [0.25, 0.3) is 8.38 Å². The number of benzene rings is 3. The summed E-state index contributed by atoms with van der Waals surface area (Å²) in [4.78, 5) is 29.3. The molecule has 0 spiro atoms.